The van der Waals surface area contributed by atoms with Crippen molar-refractivity contribution in [2.24, 2.45) is 5.92 Å². The van der Waals surface area contributed by atoms with Crippen LogP contribution in [0.3, 0.4) is 0 Å². The number of thioether (sulfide) groups is 1. The van der Waals surface area contributed by atoms with E-state index in [1.165, 1.54) is 0 Å². The van der Waals surface area contributed by atoms with E-state index in [9.17, 15) is 9.59 Å². The molecule has 0 radical (unpaired) electrons. The summed E-state index contributed by atoms with van der Waals surface area (Å²) in [5.74, 6) is 2.29. The molecule has 2 rings (SSSR count). The second kappa shape index (κ2) is 5.08. The predicted octanol–water partition coefficient (Wildman–Crippen LogP) is 0.430. The summed E-state index contributed by atoms with van der Waals surface area (Å²) in [6.45, 7) is 5.00. The van der Waals surface area contributed by atoms with Crippen LogP contribution in [0.25, 0.3) is 0 Å². The molecule has 0 aromatic rings. The molecule has 16 heavy (non-hydrogen) atoms. The number of hydrogen-bond acceptors (Lipinski definition) is 3. The third kappa shape index (κ3) is 2.34. The molecule has 2 heterocycles. The van der Waals surface area contributed by atoms with Crippen LogP contribution in [0.2, 0.25) is 0 Å². The van der Waals surface area contributed by atoms with Gasteiger partial charge in [0.25, 0.3) is 0 Å². The fraction of sp³-hybridized carbons (Fsp3) is 0.818. The summed E-state index contributed by atoms with van der Waals surface area (Å²) in [7, 11) is 0. The molecule has 1 atom stereocenters. The highest BCUT2D eigenvalue weighted by atomic mass is 32.2. The summed E-state index contributed by atoms with van der Waals surface area (Å²) in [5.41, 5.74) is 0. The van der Waals surface area contributed by atoms with Gasteiger partial charge < -0.3 is 9.80 Å². The summed E-state index contributed by atoms with van der Waals surface area (Å²) in [6.07, 6.45) is 0.413. The van der Waals surface area contributed by atoms with Crippen molar-refractivity contribution in [2.75, 3.05) is 37.7 Å². The van der Waals surface area contributed by atoms with E-state index in [-0.39, 0.29) is 17.7 Å². The molecule has 4 nitrogen and oxygen atoms in total. The fourth-order valence-electron chi connectivity index (χ4n) is 2.29. The SMILES string of the molecule is CCN1CC(C(=O)N2CCSCC2)CC1=O. The lowest BCUT2D eigenvalue weighted by atomic mass is 10.1. The summed E-state index contributed by atoms with van der Waals surface area (Å²) in [5, 5.41) is 0. The second-order valence-electron chi connectivity index (χ2n) is 4.27. The molecule has 1 unspecified atom stereocenters. The molecule has 0 bridgehead atoms. The van der Waals surface area contributed by atoms with Gasteiger partial charge in [0.2, 0.25) is 11.8 Å². The molecular formula is C11H18N2O2S. The van der Waals surface area contributed by atoms with Crippen molar-refractivity contribution < 1.29 is 9.59 Å². The van der Waals surface area contributed by atoms with Crippen molar-refractivity contribution in [1.82, 2.24) is 9.80 Å². The van der Waals surface area contributed by atoms with Gasteiger partial charge in [-0.1, -0.05) is 0 Å². The monoisotopic (exact) mass is 242 g/mol. The Labute approximate surface area is 100 Å². The number of amides is 2. The molecule has 0 aliphatic carbocycles. The van der Waals surface area contributed by atoms with E-state index in [4.69, 9.17) is 0 Å². The quantitative estimate of drug-likeness (QED) is 0.705. The average molecular weight is 242 g/mol. The van der Waals surface area contributed by atoms with Crippen LogP contribution in [0.15, 0.2) is 0 Å². The first kappa shape index (κ1) is 11.8. The number of carbonyl (C=O) groups excluding carboxylic acids is 2. The van der Waals surface area contributed by atoms with Gasteiger partial charge in [0, 0.05) is 44.1 Å². The van der Waals surface area contributed by atoms with Gasteiger partial charge in [-0.3, -0.25) is 9.59 Å². The third-order valence-electron chi connectivity index (χ3n) is 3.27. The first-order chi connectivity index (χ1) is 7.72. The fourth-order valence-corrected chi connectivity index (χ4v) is 3.19. The van der Waals surface area contributed by atoms with E-state index in [1.54, 1.807) is 4.90 Å². The Morgan fingerprint density at radius 3 is 2.69 bits per heavy atom. The lowest BCUT2D eigenvalue weighted by Crippen LogP contribution is -2.42. The minimum Gasteiger partial charge on any atom is -0.342 e. The predicted molar refractivity (Wildman–Crippen MR) is 64.3 cm³/mol. The van der Waals surface area contributed by atoms with Crippen LogP contribution in [0.4, 0.5) is 0 Å². The van der Waals surface area contributed by atoms with Crippen LogP contribution < -0.4 is 0 Å². The molecule has 0 spiro atoms. The first-order valence-corrected chi connectivity index (χ1v) is 7.02. The maximum absolute atomic E-state index is 12.1. The first-order valence-electron chi connectivity index (χ1n) is 5.86. The normalized spacial score (nSPS) is 26.3. The number of hydrogen-bond donors (Lipinski definition) is 0. The van der Waals surface area contributed by atoms with Gasteiger partial charge in [-0.05, 0) is 6.92 Å². The van der Waals surface area contributed by atoms with Crippen molar-refractivity contribution in [1.29, 1.82) is 0 Å². The van der Waals surface area contributed by atoms with E-state index in [2.05, 4.69) is 0 Å². The van der Waals surface area contributed by atoms with Crippen LogP contribution in [0.1, 0.15) is 13.3 Å². The minimum absolute atomic E-state index is 0.0875. The lowest BCUT2D eigenvalue weighted by molar-refractivity contribution is -0.135. The van der Waals surface area contributed by atoms with Crippen molar-refractivity contribution in [2.45, 2.75) is 13.3 Å². The number of nitrogens with zero attached hydrogens (tertiary/aromatic N) is 2. The Kier molecular flexibility index (Phi) is 3.74. The van der Waals surface area contributed by atoms with E-state index < -0.39 is 0 Å². The number of rotatable bonds is 2. The topological polar surface area (TPSA) is 40.6 Å². The maximum Gasteiger partial charge on any atom is 0.228 e. The molecule has 5 heteroatoms. The molecule has 2 aliphatic rings. The van der Waals surface area contributed by atoms with Crippen LogP contribution in [-0.2, 0) is 9.59 Å². The van der Waals surface area contributed by atoms with E-state index in [0.29, 0.717) is 13.0 Å². The Balaban J connectivity index is 1.92. The van der Waals surface area contributed by atoms with Gasteiger partial charge in [-0.25, -0.2) is 0 Å². The molecule has 0 aromatic carbocycles. The van der Waals surface area contributed by atoms with E-state index in [1.807, 2.05) is 23.6 Å². The molecule has 2 saturated heterocycles. The Morgan fingerprint density at radius 2 is 2.12 bits per heavy atom. The van der Waals surface area contributed by atoms with Crippen LogP contribution in [0.5, 0.6) is 0 Å². The van der Waals surface area contributed by atoms with E-state index >= 15 is 0 Å². The molecule has 2 aliphatic heterocycles. The van der Waals surface area contributed by atoms with Crippen molar-refractivity contribution in [3.63, 3.8) is 0 Å². The van der Waals surface area contributed by atoms with Crippen LogP contribution in [0, 0.1) is 5.92 Å². The van der Waals surface area contributed by atoms with Gasteiger partial charge in [-0.15, -0.1) is 0 Å². The van der Waals surface area contributed by atoms with Crippen LogP contribution in [-0.4, -0.2) is 59.3 Å². The highest BCUT2D eigenvalue weighted by Crippen LogP contribution is 2.21. The highest BCUT2D eigenvalue weighted by molar-refractivity contribution is 7.99. The molecule has 2 fully saturated rings. The van der Waals surface area contributed by atoms with Crippen molar-refractivity contribution >= 4 is 23.6 Å². The van der Waals surface area contributed by atoms with E-state index in [0.717, 1.165) is 31.1 Å². The zero-order chi connectivity index (χ0) is 11.5. The Bertz CT molecular complexity index is 290. The summed E-state index contributed by atoms with van der Waals surface area (Å²) >= 11 is 1.89. The van der Waals surface area contributed by atoms with Gasteiger partial charge >= 0.3 is 0 Å². The minimum atomic E-state index is -0.0875. The largest absolute Gasteiger partial charge is 0.342 e. The molecular weight excluding hydrogens is 224 g/mol. The van der Waals surface area contributed by atoms with Gasteiger partial charge in [0.05, 0.1) is 5.92 Å². The summed E-state index contributed by atoms with van der Waals surface area (Å²) in [6, 6.07) is 0. The Morgan fingerprint density at radius 1 is 1.44 bits per heavy atom. The maximum atomic E-state index is 12.1. The Hall–Kier alpha value is -0.710. The lowest BCUT2D eigenvalue weighted by Gasteiger charge is -2.28. The van der Waals surface area contributed by atoms with Crippen LogP contribution >= 0.6 is 11.8 Å². The number of carbonyl (C=O) groups is 2. The molecule has 90 valence electrons. The molecule has 0 N–H and O–H groups in total. The van der Waals surface area contributed by atoms with Crippen molar-refractivity contribution in [3.8, 4) is 0 Å². The van der Waals surface area contributed by atoms with Gasteiger partial charge in [0.1, 0.15) is 0 Å². The molecule has 2 amide bonds. The third-order valence-corrected chi connectivity index (χ3v) is 4.21. The van der Waals surface area contributed by atoms with Crippen molar-refractivity contribution in [3.05, 3.63) is 0 Å². The highest BCUT2D eigenvalue weighted by Gasteiger charge is 2.35. The summed E-state index contributed by atoms with van der Waals surface area (Å²) < 4.78 is 0. The average Bonchev–Trinajstić information content (AvgIpc) is 2.71. The van der Waals surface area contributed by atoms with Gasteiger partial charge in [-0.2, -0.15) is 11.8 Å². The zero-order valence-electron chi connectivity index (χ0n) is 9.65. The summed E-state index contributed by atoms with van der Waals surface area (Å²) in [4.78, 5) is 27.4. The molecule has 0 aromatic heterocycles. The smallest absolute Gasteiger partial charge is 0.228 e. The standard InChI is InChI=1S/C11H18N2O2S/c1-2-12-8-9(7-10(12)14)11(15)13-3-5-16-6-4-13/h9H,2-8H2,1H3. The zero-order valence-corrected chi connectivity index (χ0v) is 10.5. The number of likely N-dealkylation sites (tertiary alicyclic amines) is 1. The molecule has 0 saturated carbocycles. The second-order valence-corrected chi connectivity index (χ2v) is 5.50. The van der Waals surface area contributed by atoms with Gasteiger partial charge in [0.15, 0.2) is 0 Å².